The zero-order chi connectivity index (χ0) is 27.3. The first kappa shape index (κ1) is 28.8. The van der Waals surface area contributed by atoms with E-state index in [9.17, 15) is 21.6 Å². The molecule has 0 unspecified atom stereocenters. The topological polar surface area (TPSA) is 113 Å². The summed E-state index contributed by atoms with van der Waals surface area (Å²) in [5.74, 6) is -0.432. The van der Waals surface area contributed by atoms with Crippen LogP contribution < -0.4 is 10.1 Å². The van der Waals surface area contributed by atoms with Crippen LogP contribution in [0, 0.1) is 5.92 Å². The maximum absolute atomic E-state index is 13.4. The fourth-order valence-corrected chi connectivity index (χ4v) is 8.29. The van der Waals surface area contributed by atoms with E-state index < -0.39 is 26.0 Å². The first-order valence-corrected chi connectivity index (χ1v) is 16.2. The summed E-state index contributed by atoms with van der Waals surface area (Å²) in [6.45, 7) is 3.96. The summed E-state index contributed by atoms with van der Waals surface area (Å²) in [5, 5.41) is 3.20. The Morgan fingerprint density at radius 2 is 1.66 bits per heavy atom. The number of nitrogens with zero attached hydrogens (tertiary/aromatic N) is 2. The van der Waals surface area contributed by atoms with Crippen molar-refractivity contribution in [3.63, 3.8) is 0 Å². The number of halogens is 1. The molecule has 9 nitrogen and oxygen atoms in total. The average molecular weight is 584 g/mol. The Morgan fingerprint density at radius 1 is 0.974 bits per heavy atom. The second kappa shape index (κ2) is 12.3. The molecule has 0 radical (unpaired) electrons. The van der Waals surface area contributed by atoms with Gasteiger partial charge in [0.1, 0.15) is 10.6 Å². The molecule has 0 aromatic heterocycles. The van der Waals surface area contributed by atoms with Gasteiger partial charge in [0.15, 0.2) is 0 Å². The largest absolute Gasteiger partial charge is 0.492 e. The molecule has 2 heterocycles. The number of carbonyl (C=O) groups excluding carboxylic acids is 1. The maximum atomic E-state index is 13.4. The van der Waals surface area contributed by atoms with Crippen molar-refractivity contribution in [2.24, 2.45) is 5.92 Å². The molecule has 2 aromatic carbocycles. The summed E-state index contributed by atoms with van der Waals surface area (Å²) >= 11 is 6.07. The van der Waals surface area contributed by atoms with Gasteiger partial charge in [-0.05, 0) is 74.9 Å². The van der Waals surface area contributed by atoms with Gasteiger partial charge >= 0.3 is 0 Å². The minimum Gasteiger partial charge on any atom is -0.492 e. The molecule has 2 fully saturated rings. The van der Waals surface area contributed by atoms with Crippen molar-refractivity contribution in [2.45, 2.75) is 48.8 Å². The van der Waals surface area contributed by atoms with Gasteiger partial charge < -0.3 is 10.1 Å². The number of hydrogen-bond acceptors (Lipinski definition) is 6. The van der Waals surface area contributed by atoms with E-state index in [4.69, 9.17) is 16.3 Å². The summed E-state index contributed by atoms with van der Waals surface area (Å²) < 4.78 is 60.5. The second-order valence-electron chi connectivity index (χ2n) is 9.52. The lowest BCUT2D eigenvalue weighted by Gasteiger charge is -2.31. The fourth-order valence-electron chi connectivity index (χ4n) is 4.85. The van der Waals surface area contributed by atoms with Crippen LogP contribution >= 0.6 is 11.6 Å². The molecule has 4 rings (SSSR count). The van der Waals surface area contributed by atoms with Gasteiger partial charge in [0, 0.05) is 37.7 Å². The van der Waals surface area contributed by atoms with Crippen LogP contribution in [0.4, 0.5) is 0 Å². The standard InChI is InChI=1S/C26H34ClN3O6S2/c1-2-36-24-12-9-22(27)18-25(24)38(34,35)30-17-5-6-21(19-30)26(31)28-14-13-20-7-10-23(11-8-20)37(32,33)29-15-3-4-16-29/h7-12,18,21H,2-6,13-17,19H2,1H3,(H,28,31)/t21-/m1/s1. The molecule has 2 saturated heterocycles. The third-order valence-corrected chi connectivity index (χ3v) is 11.0. The average Bonchev–Trinajstić information content (AvgIpc) is 3.46. The number of hydrogen-bond donors (Lipinski definition) is 1. The smallest absolute Gasteiger partial charge is 0.246 e. The molecular formula is C26H34ClN3O6S2. The van der Waals surface area contributed by atoms with Crippen molar-refractivity contribution in [1.82, 2.24) is 13.9 Å². The van der Waals surface area contributed by atoms with E-state index in [0.717, 1.165) is 18.4 Å². The highest BCUT2D eigenvalue weighted by Crippen LogP contribution is 2.32. The number of carbonyl (C=O) groups is 1. The number of ether oxygens (including phenoxy) is 1. The van der Waals surface area contributed by atoms with Crippen LogP contribution in [0.1, 0.15) is 38.2 Å². The summed E-state index contributed by atoms with van der Waals surface area (Å²) in [6.07, 6.45) is 3.46. The van der Waals surface area contributed by atoms with E-state index in [2.05, 4.69) is 5.32 Å². The minimum absolute atomic E-state index is 0.00287. The van der Waals surface area contributed by atoms with Crippen molar-refractivity contribution in [3.8, 4) is 5.75 Å². The van der Waals surface area contributed by atoms with Crippen LogP contribution in [0.3, 0.4) is 0 Å². The quantitative estimate of drug-likeness (QED) is 0.459. The Balaban J connectivity index is 1.33. The summed E-state index contributed by atoms with van der Waals surface area (Å²) in [6, 6.07) is 11.3. The molecule has 0 spiro atoms. The molecule has 208 valence electrons. The second-order valence-corrected chi connectivity index (χ2v) is 13.8. The van der Waals surface area contributed by atoms with Gasteiger partial charge in [0.05, 0.1) is 17.4 Å². The highest BCUT2D eigenvalue weighted by Gasteiger charge is 2.35. The third-order valence-electron chi connectivity index (χ3n) is 6.92. The normalized spacial score (nSPS) is 19.4. The zero-order valence-corrected chi connectivity index (χ0v) is 23.8. The number of rotatable bonds is 10. The molecule has 2 aliphatic rings. The van der Waals surface area contributed by atoms with Crippen molar-refractivity contribution >= 4 is 37.6 Å². The predicted molar refractivity (Wildman–Crippen MR) is 145 cm³/mol. The van der Waals surface area contributed by atoms with Gasteiger partial charge in [-0.2, -0.15) is 8.61 Å². The molecule has 0 bridgehead atoms. The summed E-state index contributed by atoms with van der Waals surface area (Å²) in [5.41, 5.74) is 0.905. The van der Waals surface area contributed by atoms with E-state index in [1.54, 1.807) is 43.3 Å². The van der Waals surface area contributed by atoms with Crippen LogP contribution in [0.15, 0.2) is 52.3 Å². The van der Waals surface area contributed by atoms with Crippen molar-refractivity contribution in [3.05, 3.63) is 53.1 Å². The van der Waals surface area contributed by atoms with Gasteiger partial charge in [0.25, 0.3) is 0 Å². The van der Waals surface area contributed by atoms with Crippen LogP contribution in [0.25, 0.3) is 0 Å². The molecule has 2 aromatic rings. The SMILES string of the molecule is CCOc1ccc(Cl)cc1S(=O)(=O)N1CCC[C@@H](C(=O)NCCc2ccc(S(=O)(=O)N3CCCC3)cc2)C1. The van der Waals surface area contributed by atoms with E-state index in [0.29, 0.717) is 57.1 Å². The monoisotopic (exact) mass is 583 g/mol. The highest BCUT2D eigenvalue weighted by molar-refractivity contribution is 7.89. The Kier molecular flexibility index (Phi) is 9.36. The first-order chi connectivity index (χ1) is 18.1. The zero-order valence-electron chi connectivity index (χ0n) is 21.4. The molecule has 0 aliphatic carbocycles. The van der Waals surface area contributed by atoms with Gasteiger partial charge in [-0.15, -0.1) is 0 Å². The molecule has 1 N–H and O–H groups in total. The predicted octanol–water partition coefficient (Wildman–Crippen LogP) is 3.28. The third kappa shape index (κ3) is 6.51. The molecule has 1 amide bonds. The Labute approximate surface area is 230 Å². The number of nitrogens with one attached hydrogen (secondary N) is 1. The van der Waals surface area contributed by atoms with E-state index >= 15 is 0 Å². The number of benzene rings is 2. The molecule has 12 heteroatoms. The Morgan fingerprint density at radius 3 is 2.34 bits per heavy atom. The van der Waals surface area contributed by atoms with Crippen LogP contribution in [-0.2, 0) is 31.3 Å². The number of amides is 1. The molecule has 0 saturated carbocycles. The highest BCUT2D eigenvalue weighted by atomic mass is 35.5. The van der Waals surface area contributed by atoms with Crippen LogP contribution in [0.5, 0.6) is 5.75 Å². The molecule has 2 aliphatic heterocycles. The van der Waals surface area contributed by atoms with E-state index in [1.165, 1.54) is 14.7 Å². The minimum atomic E-state index is -3.90. The number of sulfonamides is 2. The lowest BCUT2D eigenvalue weighted by atomic mass is 9.99. The fraction of sp³-hybridized carbons (Fsp3) is 0.500. The van der Waals surface area contributed by atoms with Gasteiger partial charge in [-0.3, -0.25) is 4.79 Å². The van der Waals surface area contributed by atoms with Crippen LogP contribution in [0.2, 0.25) is 5.02 Å². The maximum Gasteiger partial charge on any atom is 0.246 e. The lowest BCUT2D eigenvalue weighted by molar-refractivity contribution is -0.126. The lowest BCUT2D eigenvalue weighted by Crippen LogP contribution is -2.45. The first-order valence-electron chi connectivity index (χ1n) is 12.9. The van der Waals surface area contributed by atoms with Gasteiger partial charge in [-0.25, -0.2) is 16.8 Å². The molecule has 1 atom stereocenters. The van der Waals surface area contributed by atoms with Gasteiger partial charge in [0.2, 0.25) is 26.0 Å². The Bertz CT molecular complexity index is 1340. The molecule has 38 heavy (non-hydrogen) atoms. The van der Waals surface area contributed by atoms with Gasteiger partial charge in [-0.1, -0.05) is 23.7 Å². The van der Waals surface area contributed by atoms with Crippen molar-refractivity contribution in [2.75, 3.05) is 39.3 Å². The Hall–Kier alpha value is -2.18. The van der Waals surface area contributed by atoms with E-state index in [-0.39, 0.29) is 28.0 Å². The summed E-state index contributed by atoms with van der Waals surface area (Å²) in [4.78, 5) is 13.2. The molecular weight excluding hydrogens is 550 g/mol. The van der Waals surface area contributed by atoms with Crippen molar-refractivity contribution in [1.29, 1.82) is 0 Å². The number of piperidine rings is 1. The van der Waals surface area contributed by atoms with E-state index in [1.807, 2.05) is 0 Å². The summed E-state index contributed by atoms with van der Waals surface area (Å²) in [7, 11) is -7.35. The van der Waals surface area contributed by atoms with Crippen molar-refractivity contribution < 1.29 is 26.4 Å². The van der Waals surface area contributed by atoms with Crippen LogP contribution in [-0.4, -0.2) is 70.7 Å².